The quantitative estimate of drug-likeness (QED) is 0.668. The van der Waals surface area contributed by atoms with Gasteiger partial charge in [0.15, 0.2) is 18.4 Å². The van der Waals surface area contributed by atoms with Gasteiger partial charge in [0.25, 0.3) is 0 Å². The van der Waals surface area contributed by atoms with Crippen molar-refractivity contribution >= 4 is 0 Å². The summed E-state index contributed by atoms with van der Waals surface area (Å²) in [4.78, 5) is 0. The van der Waals surface area contributed by atoms with E-state index in [1.807, 2.05) is 6.07 Å². The van der Waals surface area contributed by atoms with Crippen molar-refractivity contribution in [2.75, 3.05) is 0 Å². The van der Waals surface area contributed by atoms with Crippen LogP contribution in [0, 0.1) is 0 Å². The molecule has 2 rings (SSSR count). The molecule has 1 aromatic carbocycles. The summed E-state index contributed by atoms with van der Waals surface area (Å²) in [6.07, 6.45) is 5.36. The number of nitrogens with zero attached hydrogens (tertiary/aromatic N) is 1. The standard InChI is InChI=1S/C14H16N/c1-2-14(13-9-5-3-6-10-13)15-11-7-4-8-12-15/h3-12,14H,2H2,1H3/q+1. The third-order valence-corrected chi connectivity index (χ3v) is 2.67. The Labute approximate surface area is 91.0 Å². The molecular formula is C14H16N+. The summed E-state index contributed by atoms with van der Waals surface area (Å²) in [5.74, 6) is 0. The van der Waals surface area contributed by atoms with E-state index in [1.165, 1.54) is 5.56 Å². The van der Waals surface area contributed by atoms with Crippen molar-refractivity contribution in [1.82, 2.24) is 0 Å². The van der Waals surface area contributed by atoms with Gasteiger partial charge in [-0.05, 0) is 0 Å². The summed E-state index contributed by atoms with van der Waals surface area (Å²) in [5, 5.41) is 0. The predicted molar refractivity (Wildman–Crippen MR) is 61.5 cm³/mol. The average Bonchev–Trinajstić information content (AvgIpc) is 2.33. The molecule has 0 aliphatic carbocycles. The van der Waals surface area contributed by atoms with Crippen LogP contribution < -0.4 is 4.57 Å². The maximum atomic E-state index is 2.26. The van der Waals surface area contributed by atoms with Gasteiger partial charge in [0.2, 0.25) is 0 Å². The Morgan fingerprint density at radius 2 is 1.53 bits per heavy atom. The molecule has 0 fully saturated rings. The average molecular weight is 198 g/mol. The Hall–Kier alpha value is -1.63. The molecule has 1 atom stereocenters. The molecule has 0 amide bonds. The minimum Gasteiger partial charge on any atom is -0.198 e. The van der Waals surface area contributed by atoms with Gasteiger partial charge < -0.3 is 0 Å². The van der Waals surface area contributed by atoms with Gasteiger partial charge in [0, 0.05) is 24.1 Å². The van der Waals surface area contributed by atoms with Gasteiger partial charge in [-0.25, -0.2) is 0 Å². The molecular weight excluding hydrogens is 182 g/mol. The third kappa shape index (κ3) is 2.24. The van der Waals surface area contributed by atoms with E-state index in [1.54, 1.807) is 0 Å². The van der Waals surface area contributed by atoms with Crippen LogP contribution in [0.2, 0.25) is 0 Å². The van der Waals surface area contributed by atoms with Crippen LogP contribution in [-0.4, -0.2) is 0 Å². The molecule has 0 radical (unpaired) electrons. The first kappa shape index (κ1) is 9.91. The van der Waals surface area contributed by atoms with Crippen molar-refractivity contribution in [2.45, 2.75) is 19.4 Å². The minimum atomic E-state index is 0.451. The van der Waals surface area contributed by atoms with Crippen molar-refractivity contribution in [3.8, 4) is 0 Å². The van der Waals surface area contributed by atoms with Gasteiger partial charge in [-0.1, -0.05) is 43.3 Å². The highest BCUT2D eigenvalue weighted by atomic mass is 15.0. The smallest absolute Gasteiger partial charge is 0.183 e. The maximum Gasteiger partial charge on any atom is 0.183 e. The zero-order chi connectivity index (χ0) is 10.5. The molecule has 1 nitrogen and oxygen atoms in total. The molecule has 0 N–H and O–H groups in total. The summed E-state index contributed by atoms with van der Waals surface area (Å²) in [5.41, 5.74) is 1.37. The van der Waals surface area contributed by atoms with Crippen molar-refractivity contribution in [3.63, 3.8) is 0 Å². The first-order chi connectivity index (χ1) is 7.42. The highest BCUT2D eigenvalue weighted by molar-refractivity contribution is 5.17. The summed E-state index contributed by atoms with van der Waals surface area (Å²) in [6.45, 7) is 2.22. The molecule has 0 saturated heterocycles. The lowest BCUT2D eigenvalue weighted by atomic mass is 10.0. The number of benzene rings is 1. The third-order valence-electron chi connectivity index (χ3n) is 2.67. The van der Waals surface area contributed by atoms with Gasteiger partial charge in [0.1, 0.15) is 0 Å². The minimum absolute atomic E-state index is 0.451. The van der Waals surface area contributed by atoms with Crippen molar-refractivity contribution in [3.05, 3.63) is 66.5 Å². The van der Waals surface area contributed by atoms with Crippen LogP contribution in [0.25, 0.3) is 0 Å². The molecule has 15 heavy (non-hydrogen) atoms. The van der Waals surface area contributed by atoms with Crippen molar-refractivity contribution in [2.24, 2.45) is 0 Å². The Bertz CT molecular complexity index is 355. The molecule has 1 unspecified atom stereocenters. The molecule has 0 spiro atoms. The second-order valence-electron chi connectivity index (χ2n) is 3.66. The van der Waals surface area contributed by atoms with Crippen LogP contribution in [-0.2, 0) is 0 Å². The topological polar surface area (TPSA) is 3.88 Å². The van der Waals surface area contributed by atoms with Crippen LogP contribution in [0.3, 0.4) is 0 Å². The molecule has 0 aliphatic rings. The van der Waals surface area contributed by atoms with Crippen LogP contribution >= 0.6 is 0 Å². The Morgan fingerprint density at radius 3 is 2.13 bits per heavy atom. The van der Waals surface area contributed by atoms with Crippen LogP contribution in [0.1, 0.15) is 24.9 Å². The van der Waals surface area contributed by atoms with E-state index in [-0.39, 0.29) is 0 Å². The SMILES string of the molecule is CCC(c1ccccc1)[n+]1ccccc1. The Balaban J connectivity index is 2.34. The van der Waals surface area contributed by atoms with E-state index in [2.05, 4.69) is 66.3 Å². The molecule has 1 aromatic heterocycles. The van der Waals surface area contributed by atoms with E-state index < -0.39 is 0 Å². The van der Waals surface area contributed by atoms with E-state index in [4.69, 9.17) is 0 Å². The number of pyridine rings is 1. The summed E-state index contributed by atoms with van der Waals surface area (Å²) in [6, 6.07) is 17.3. The monoisotopic (exact) mass is 198 g/mol. The zero-order valence-corrected chi connectivity index (χ0v) is 9.01. The molecule has 1 heteroatoms. The fourth-order valence-electron chi connectivity index (χ4n) is 1.91. The fraction of sp³-hybridized carbons (Fsp3) is 0.214. The Morgan fingerprint density at radius 1 is 0.933 bits per heavy atom. The molecule has 1 heterocycles. The lowest BCUT2D eigenvalue weighted by Crippen LogP contribution is -2.38. The lowest BCUT2D eigenvalue weighted by molar-refractivity contribution is -0.714. The molecule has 0 aliphatic heterocycles. The largest absolute Gasteiger partial charge is 0.198 e. The number of rotatable bonds is 3. The summed E-state index contributed by atoms with van der Waals surface area (Å²) >= 11 is 0. The normalized spacial score (nSPS) is 12.3. The van der Waals surface area contributed by atoms with E-state index in [0.29, 0.717) is 6.04 Å². The number of aromatic nitrogens is 1. The molecule has 2 aromatic rings. The number of hydrogen-bond donors (Lipinski definition) is 0. The predicted octanol–water partition coefficient (Wildman–Crippen LogP) is 2.97. The molecule has 76 valence electrons. The number of hydrogen-bond acceptors (Lipinski definition) is 0. The fourth-order valence-corrected chi connectivity index (χ4v) is 1.91. The van der Waals surface area contributed by atoms with Gasteiger partial charge >= 0.3 is 0 Å². The highest BCUT2D eigenvalue weighted by Gasteiger charge is 2.16. The molecule has 0 saturated carbocycles. The first-order valence-electron chi connectivity index (χ1n) is 5.42. The molecule has 0 bridgehead atoms. The van der Waals surface area contributed by atoms with Crippen LogP contribution in [0.15, 0.2) is 60.9 Å². The summed E-state index contributed by atoms with van der Waals surface area (Å²) < 4.78 is 2.26. The summed E-state index contributed by atoms with van der Waals surface area (Å²) in [7, 11) is 0. The van der Waals surface area contributed by atoms with Gasteiger partial charge in [-0.15, -0.1) is 0 Å². The van der Waals surface area contributed by atoms with E-state index >= 15 is 0 Å². The van der Waals surface area contributed by atoms with Gasteiger partial charge in [-0.3, -0.25) is 0 Å². The second-order valence-corrected chi connectivity index (χ2v) is 3.66. The van der Waals surface area contributed by atoms with E-state index in [9.17, 15) is 0 Å². The van der Waals surface area contributed by atoms with Crippen LogP contribution in [0.5, 0.6) is 0 Å². The zero-order valence-electron chi connectivity index (χ0n) is 9.01. The van der Waals surface area contributed by atoms with Gasteiger partial charge in [0.05, 0.1) is 0 Å². The first-order valence-corrected chi connectivity index (χ1v) is 5.42. The van der Waals surface area contributed by atoms with Crippen molar-refractivity contribution < 1.29 is 4.57 Å². The highest BCUT2D eigenvalue weighted by Crippen LogP contribution is 2.14. The second kappa shape index (κ2) is 4.74. The van der Waals surface area contributed by atoms with Crippen LogP contribution in [0.4, 0.5) is 0 Å². The Kier molecular flexibility index (Phi) is 3.13. The lowest BCUT2D eigenvalue weighted by Gasteiger charge is -2.09. The maximum absolute atomic E-state index is 2.26. The van der Waals surface area contributed by atoms with Crippen molar-refractivity contribution in [1.29, 1.82) is 0 Å². The van der Waals surface area contributed by atoms with E-state index in [0.717, 1.165) is 6.42 Å². The van der Waals surface area contributed by atoms with Gasteiger partial charge in [-0.2, -0.15) is 4.57 Å².